The first-order chi connectivity index (χ1) is 7.20. The minimum absolute atomic E-state index is 0.0192. The first-order valence-electron chi connectivity index (χ1n) is 6.04. The molecule has 0 bridgehead atoms. The maximum absolute atomic E-state index is 11.8. The SMILES string of the molecule is CCCCC1CC(=O)N(CCCC)C1=O. The smallest absolute Gasteiger partial charge is 0.232 e. The Morgan fingerprint density at radius 3 is 2.47 bits per heavy atom. The summed E-state index contributed by atoms with van der Waals surface area (Å²) in [6.07, 6.45) is 5.42. The molecular weight excluding hydrogens is 190 g/mol. The average Bonchev–Trinajstić information content (AvgIpc) is 2.49. The third kappa shape index (κ3) is 3.05. The van der Waals surface area contributed by atoms with Crippen molar-refractivity contribution < 1.29 is 9.59 Å². The van der Waals surface area contributed by atoms with Crippen LogP contribution in [-0.4, -0.2) is 23.3 Å². The molecule has 3 heteroatoms. The summed E-state index contributed by atoms with van der Waals surface area (Å²) in [4.78, 5) is 24.9. The molecule has 0 aliphatic carbocycles. The summed E-state index contributed by atoms with van der Waals surface area (Å²) < 4.78 is 0. The van der Waals surface area contributed by atoms with Gasteiger partial charge in [0.25, 0.3) is 0 Å². The highest BCUT2D eigenvalue weighted by Gasteiger charge is 2.37. The lowest BCUT2D eigenvalue weighted by Crippen LogP contribution is -2.31. The second-order valence-corrected chi connectivity index (χ2v) is 4.28. The van der Waals surface area contributed by atoms with Gasteiger partial charge in [0.05, 0.1) is 0 Å². The van der Waals surface area contributed by atoms with Crippen molar-refractivity contribution in [1.82, 2.24) is 4.90 Å². The fourth-order valence-corrected chi connectivity index (χ4v) is 1.98. The fraction of sp³-hybridized carbons (Fsp3) is 0.833. The fourth-order valence-electron chi connectivity index (χ4n) is 1.98. The first-order valence-corrected chi connectivity index (χ1v) is 6.04. The van der Waals surface area contributed by atoms with Gasteiger partial charge in [-0.1, -0.05) is 33.1 Å². The number of nitrogens with zero attached hydrogens (tertiary/aromatic N) is 1. The van der Waals surface area contributed by atoms with Crippen molar-refractivity contribution in [1.29, 1.82) is 0 Å². The normalized spacial score (nSPS) is 21.5. The van der Waals surface area contributed by atoms with Gasteiger partial charge in [-0.2, -0.15) is 0 Å². The van der Waals surface area contributed by atoms with E-state index in [0.717, 1.165) is 32.1 Å². The van der Waals surface area contributed by atoms with Gasteiger partial charge in [-0.25, -0.2) is 0 Å². The van der Waals surface area contributed by atoms with Crippen LogP contribution in [0.2, 0.25) is 0 Å². The van der Waals surface area contributed by atoms with Crippen LogP contribution in [0.5, 0.6) is 0 Å². The maximum Gasteiger partial charge on any atom is 0.232 e. The number of rotatable bonds is 6. The summed E-state index contributed by atoms with van der Waals surface area (Å²) in [6.45, 7) is 4.80. The molecule has 1 rings (SSSR count). The van der Waals surface area contributed by atoms with Crippen LogP contribution < -0.4 is 0 Å². The molecule has 1 fully saturated rings. The lowest BCUT2D eigenvalue weighted by Gasteiger charge is -2.13. The van der Waals surface area contributed by atoms with Gasteiger partial charge in [0.15, 0.2) is 0 Å². The maximum atomic E-state index is 11.8. The van der Waals surface area contributed by atoms with E-state index in [1.165, 1.54) is 4.90 Å². The van der Waals surface area contributed by atoms with E-state index in [9.17, 15) is 9.59 Å². The Kier molecular flexibility index (Phi) is 4.79. The highest BCUT2D eigenvalue weighted by Crippen LogP contribution is 2.24. The van der Waals surface area contributed by atoms with Crippen molar-refractivity contribution in [3.63, 3.8) is 0 Å². The van der Waals surface area contributed by atoms with Crippen LogP contribution in [0.15, 0.2) is 0 Å². The number of hydrogen-bond donors (Lipinski definition) is 0. The summed E-state index contributed by atoms with van der Waals surface area (Å²) >= 11 is 0. The van der Waals surface area contributed by atoms with Gasteiger partial charge in [0, 0.05) is 18.9 Å². The summed E-state index contributed by atoms with van der Waals surface area (Å²) in [5.74, 6) is 0.0887. The van der Waals surface area contributed by atoms with Gasteiger partial charge in [-0.15, -0.1) is 0 Å². The van der Waals surface area contributed by atoms with E-state index in [1.54, 1.807) is 0 Å². The number of likely N-dealkylation sites (tertiary alicyclic amines) is 1. The Bertz CT molecular complexity index is 238. The summed E-state index contributed by atoms with van der Waals surface area (Å²) in [5.41, 5.74) is 0. The molecular formula is C12H21NO2. The van der Waals surface area contributed by atoms with E-state index < -0.39 is 0 Å². The molecule has 0 aromatic carbocycles. The molecule has 1 saturated heterocycles. The largest absolute Gasteiger partial charge is 0.282 e. The van der Waals surface area contributed by atoms with Crippen molar-refractivity contribution in [2.45, 2.75) is 52.4 Å². The molecule has 0 aromatic heterocycles. The molecule has 3 nitrogen and oxygen atoms in total. The van der Waals surface area contributed by atoms with Gasteiger partial charge in [-0.05, 0) is 12.8 Å². The van der Waals surface area contributed by atoms with Gasteiger partial charge in [0.1, 0.15) is 0 Å². The van der Waals surface area contributed by atoms with E-state index in [0.29, 0.717) is 13.0 Å². The lowest BCUT2D eigenvalue weighted by molar-refractivity contribution is -0.139. The molecule has 1 aliphatic heterocycles. The third-order valence-corrected chi connectivity index (χ3v) is 2.98. The predicted molar refractivity (Wildman–Crippen MR) is 59.3 cm³/mol. The average molecular weight is 211 g/mol. The zero-order chi connectivity index (χ0) is 11.3. The molecule has 1 unspecified atom stereocenters. The molecule has 2 amide bonds. The van der Waals surface area contributed by atoms with Crippen LogP contribution in [0.3, 0.4) is 0 Å². The van der Waals surface area contributed by atoms with E-state index >= 15 is 0 Å². The second-order valence-electron chi connectivity index (χ2n) is 4.28. The van der Waals surface area contributed by atoms with E-state index in [-0.39, 0.29) is 17.7 Å². The van der Waals surface area contributed by atoms with Gasteiger partial charge < -0.3 is 0 Å². The molecule has 0 radical (unpaired) electrons. The monoisotopic (exact) mass is 211 g/mol. The molecule has 0 aromatic rings. The lowest BCUT2D eigenvalue weighted by atomic mass is 10.0. The number of carbonyl (C=O) groups is 2. The van der Waals surface area contributed by atoms with Crippen molar-refractivity contribution in [2.24, 2.45) is 5.92 Å². The van der Waals surface area contributed by atoms with Crippen molar-refractivity contribution in [3.05, 3.63) is 0 Å². The third-order valence-electron chi connectivity index (χ3n) is 2.98. The van der Waals surface area contributed by atoms with Crippen LogP contribution in [0.1, 0.15) is 52.4 Å². The second kappa shape index (κ2) is 5.89. The van der Waals surface area contributed by atoms with Crippen LogP contribution in [0, 0.1) is 5.92 Å². The number of carbonyl (C=O) groups excluding carboxylic acids is 2. The zero-order valence-electron chi connectivity index (χ0n) is 9.79. The van der Waals surface area contributed by atoms with Crippen molar-refractivity contribution >= 4 is 11.8 Å². The standard InChI is InChI=1S/C12H21NO2/c1-3-5-7-10-9-11(14)13(12(10)15)8-6-4-2/h10H,3-9H2,1-2H3. The van der Waals surface area contributed by atoms with Gasteiger partial charge >= 0.3 is 0 Å². The highest BCUT2D eigenvalue weighted by atomic mass is 16.2. The highest BCUT2D eigenvalue weighted by molar-refractivity contribution is 6.03. The topological polar surface area (TPSA) is 37.4 Å². The van der Waals surface area contributed by atoms with Crippen molar-refractivity contribution in [3.8, 4) is 0 Å². The number of hydrogen-bond acceptors (Lipinski definition) is 2. The van der Waals surface area contributed by atoms with E-state index in [4.69, 9.17) is 0 Å². The van der Waals surface area contributed by atoms with Crippen LogP contribution in [-0.2, 0) is 9.59 Å². The number of imide groups is 1. The minimum atomic E-state index is -0.0192. The molecule has 86 valence electrons. The van der Waals surface area contributed by atoms with Crippen molar-refractivity contribution in [2.75, 3.05) is 6.54 Å². The van der Waals surface area contributed by atoms with Crippen LogP contribution in [0.4, 0.5) is 0 Å². The number of amides is 2. The van der Waals surface area contributed by atoms with Gasteiger partial charge in [0.2, 0.25) is 11.8 Å². The molecule has 15 heavy (non-hydrogen) atoms. The number of unbranched alkanes of at least 4 members (excludes halogenated alkanes) is 2. The molecule has 0 spiro atoms. The predicted octanol–water partition coefficient (Wildman–Crippen LogP) is 2.35. The van der Waals surface area contributed by atoms with Crippen LogP contribution >= 0.6 is 0 Å². The Hall–Kier alpha value is -0.860. The molecule has 0 N–H and O–H groups in total. The minimum Gasteiger partial charge on any atom is -0.282 e. The molecule has 1 atom stereocenters. The Morgan fingerprint density at radius 2 is 1.87 bits per heavy atom. The van der Waals surface area contributed by atoms with Gasteiger partial charge in [-0.3, -0.25) is 14.5 Å². The molecule has 1 heterocycles. The Balaban J connectivity index is 2.46. The Morgan fingerprint density at radius 1 is 1.20 bits per heavy atom. The molecule has 0 saturated carbocycles. The van der Waals surface area contributed by atoms with E-state index in [1.807, 2.05) is 0 Å². The summed E-state index contributed by atoms with van der Waals surface area (Å²) in [7, 11) is 0. The van der Waals surface area contributed by atoms with Crippen LogP contribution in [0.25, 0.3) is 0 Å². The zero-order valence-corrected chi connectivity index (χ0v) is 9.79. The quantitative estimate of drug-likeness (QED) is 0.632. The molecule has 1 aliphatic rings. The summed E-state index contributed by atoms with van der Waals surface area (Å²) in [6, 6.07) is 0. The Labute approximate surface area is 91.8 Å². The van der Waals surface area contributed by atoms with E-state index in [2.05, 4.69) is 13.8 Å². The first kappa shape index (κ1) is 12.2. The summed E-state index contributed by atoms with van der Waals surface area (Å²) in [5, 5.41) is 0.